The first-order chi connectivity index (χ1) is 7.06. The fourth-order valence-electron chi connectivity index (χ4n) is 1.19. The molecular weight excluding hydrogens is 242 g/mol. The van der Waals surface area contributed by atoms with Crippen LogP contribution >= 0.6 is 24.2 Å². The van der Waals surface area contributed by atoms with Crippen molar-refractivity contribution in [2.45, 2.75) is 17.7 Å². The average molecular weight is 251 g/mol. The van der Waals surface area contributed by atoms with E-state index in [0.717, 1.165) is 0 Å². The van der Waals surface area contributed by atoms with Crippen LogP contribution in [0, 0.1) is 0 Å². The molecule has 0 spiro atoms. The van der Waals surface area contributed by atoms with Crippen LogP contribution < -0.4 is 0 Å². The summed E-state index contributed by atoms with van der Waals surface area (Å²) in [5, 5.41) is 0. The Hall–Kier alpha value is -0.610. The molecule has 0 atom stereocenters. The molecule has 15 heavy (non-hydrogen) atoms. The first-order valence-electron chi connectivity index (χ1n) is 4.22. The van der Waals surface area contributed by atoms with Crippen molar-refractivity contribution in [3.63, 3.8) is 0 Å². The fraction of sp³-hybridized carbons (Fsp3) is 0.300. The number of carbonyl (C=O) groups is 1. The van der Waals surface area contributed by atoms with Gasteiger partial charge in [0.1, 0.15) is 0 Å². The van der Waals surface area contributed by atoms with Crippen LogP contribution in [0.15, 0.2) is 23.1 Å². The van der Waals surface area contributed by atoms with E-state index in [1.807, 2.05) is 0 Å². The van der Waals surface area contributed by atoms with Crippen molar-refractivity contribution in [2.24, 2.45) is 0 Å². The summed E-state index contributed by atoms with van der Waals surface area (Å²) in [7, 11) is 0. The second-order valence-electron chi connectivity index (χ2n) is 3.00. The van der Waals surface area contributed by atoms with Crippen LogP contribution in [0.4, 0.5) is 8.78 Å². The van der Waals surface area contributed by atoms with Crippen LogP contribution in [0.25, 0.3) is 0 Å². The predicted molar refractivity (Wildman–Crippen MR) is 58.1 cm³/mol. The van der Waals surface area contributed by atoms with Gasteiger partial charge >= 0.3 is 0 Å². The van der Waals surface area contributed by atoms with Crippen LogP contribution in [-0.2, 0) is 11.2 Å². The lowest BCUT2D eigenvalue weighted by Crippen LogP contribution is -2.05. The Bertz CT molecular complexity index is 368. The molecule has 0 N–H and O–H groups in total. The van der Waals surface area contributed by atoms with E-state index >= 15 is 0 Å². The molecule has 0 saturated carbocycles. The molecule has 0 bridgehead atoms. The van der Waals surface area contributed by atoms with Crippen LogP contribution in [0.2, 0.25) is 0 Å². The maximum Gasteiger partial charge on any atom is 0.264 e. The Morgan fingerprint density at radius 1 is 1.47 bits per heavy atom. The van der Waals surface area contributed by atoms with Crippen LogP contribution in [-0.4, -0.2) is 11.7 Å². The molecule has 0 aromatic heterocycles. The molecule has 0 amide bonds. The van der Waals surface area contributed by atoms with E-state index < -0.39 is 6.43 Å². The van der Waals surface area contributed by atoms with Gasteiger partial charge in [0, 0.05) is 16.9 Å². The molecule has 0 radical (unpaired) electrons. The van der Waals surface area contributed by atoms with Crippen molar-refractivity contribution in [1.82, 2.24) is 0 Å². The van der Waals surface area contributed by atoms with E-state index in [1.165, 1.54) is 12.1 Å². The van der Waals surface area contributed by atoms with Gasteiger partial charge in [0.25, 0.3) is 6.43 Å². The van der Waals surface area contributed by atoms with E-state index in [2.05, 4.69) is 12.6 Å². The van der Waals surface area contributed by atoms with Gasteiger partial charge in [-0.1, -0.05) is 18.2 Å². The number of thiol groups is 1. The van der Waals surface area contributed by atoms with E-state index in [4.69, 9.17) is 11.6 Å². The Morgan fingerprint density at radius 2 is 2.13 bits per heavy atom. The first-order valence-corrected chi connectivity index (χ1v) is 5.21. The molecule has 5 heteroatoms. The summed E-state index contributed by atoms with van der Waals surface area (Å²) in [4.78, 5) is 11.2. The Labute approximate surface area is 96.8 Å². The Kier molecular flexibility index (Phi) is 4.54. The highest BCUT2D eigenvalue weighted by molar-refractivity contribution is 7.80. The lowest BCUT2D eigenvalue weighted by Gasteiger charge is -2.08. The van der Waals surface area contributed by atoms with E-state index in [1.54, 1.807) is 6.07 Å². The van der Waals surface area contributed by atoms with Crippen LogP contribution in [0.5, 0.6) is 0 Å². The molecule has 82 valence electrons. The third-order valence-electron chi connectivity index (χ3n) is 1.92. The topological polar surface area (TPSA) is 17.1 Å². The van der Waals surface area contributed by atoms with Gasteiger partial charge in [-0.05, 0) is 5.56 Å². The summed E-state index contributed by atoms with van der Waals surface area (Å²) >= 11 is 9.32. The average Bonchev–Trinajstić information content (AvgIpc) is 2.20. The van der Waals surface area contributed by atoms with Crippen molar-refractivity contribution >= 4 is 30.0 Å². The molecule has 0 aliphatic rings. The molecule has 1 aromatic carbocycles. The van der Waals surface area contributed by atoms with Gasteiger partial charge in [-0.15, -0.1) is 24.2 Å². The second kappa shape index (κ2) is 5.47. The second-order valence-corrected chi connectivity index (χ2v) is 3.72. The molecule has 1 rings (SSSR count). The van der Waals surface area contributed by atoms with Gasteiger partial charge in [-0.25, -0.2) is 8.78 Å². The van der Waals surface area contributed by atoms with Gasteiger partial charge in [0.15, 0.2) is 5.78 Å². The quantitative estimate of drug-likeness (QED) is 0.641. The summed E-state index contributed by atoms with van der Waals surface area (Å²) in [6.07, 6.45) is -2.54. The molecular formula is C10H9ClF2OS. The van der Waals surface area contributed by atoms with Crippen LogP contribution in [0.1, 0.15) is 17.6 Å². The van der Waals surface area contributed by atoms with Gasteiger partial charge in [-0.3, -0.25) is 4.79 Å². The van der Waals surface area contributed by atoms with Crippen molar-refractivity contribution < 1.29 is 13.6 Å². The summed E-state index contributed by atoms with van der Waals surface area (Å²) in [6.45, 7) is 0. The van der Waals surface area contributed by atoms with Crippen LogP contribution in [0.3, 0.4) is 0 Å². The van der Waals surface area contributed by atoms with Gasteiger partial charge in [-0.2, -0.15) is 0 Å². The number of halogens is 3. The SMILES string of the molecule is O=C(CCl)Cc1cccc(C(F)F)c1S. The molecule has 0 heterocycles. The smallest absolute Gasteiger partial charge is 0.264 e. The summed E-state index contributed by atoms with van der Waals surface area (Å²) in [5.41, 5.74) is 0.333. The molecule has 0 saturated heterocycles. The number of Topliss-reactive ketones (excluding diaryl/α,β-unsaturated/α-hetero) is 1. The van der Waals surface area contributed by atoms with E-state index in [9.17, 15) is 13.6 Å². The van der Waals surface area contributed by atoms with Gasteiger partial charge in [0.2, 0.25) is 0 Å². The Balaban J connectivity index is 2.99. The third-order valence-corrected chi connectivity index (χ3v) is 2.77. The number of hydrogen-bond donors (Lipinski definition) is 1. The van der Waals surface area contributed by atoms with Crippen molar-refractivity contribution in [3.8, 4) is 0 Å². The standard InChI is InChI=1S/C10H9ClF2OS/c11-5-7(14)4-6-2-1-3-8(9(6)15)10(12)13/h1-3,10,15H,4-5H2. The minimum Gasteiger partial charge on any atom is -0.298 e. The summed E-state index contributed by atoms with van der Waals surface area (Å²) in [6, 6.07) is 4.37. The minimum atomic E-state index is -2.58. The highest BCUT2D eigenvalue weighted by Gasteiger charge is 2.14. The predicted octanol–water partition coefficient (Wildman–Crippen LogP) is 3.26. The number of benzene rings is 1. The molecule has 1 aromatic rings. The zero-order valence-electron chi connectivity index (χ0n) is 7.71. The normalized spacial score (nSPS) is 10.7. The maximum absolute atomic E-state index is 12.5. The highest BCUT2D eigenvalue weighted by Crippen LogP contribution is 2.28. The third kappa shape index (κ3) is 3.18. The molecule has 0 aliphatic carbocycles. The summed E-state index contributed by atoms with van der Waals surface area (Å²) in [5.74, 6) is -0.329. The van der Waals surface area contributed by atoms with E-state index in [-0.39, 0.29) is 28.5 Å². The highest BCUT2D eigenvalue weighted by atomic mass is 35.5. The lowest BCUT2D eigenvalue weighted by atomic mass is 10.1. The van der Waals surface area contributed by atoms with Crippen molar-refractivity contribution in [2.75, 3.05) is 5.88 Å². The molecule has 0 fully saturated rings. The zero-order valence-corrected chi connectivity index (χ0v) is 9.36. The van der Waals surface area contributed by atoms with Crippen molar-refractivity contribution in [3.05, 3.63) is 29.3 Å². The number of alkyl halides is 3. The number of ketones is 1. The molecule has 1 nitrogen and oxygen atoms in total. The van der Waals surface area contributed by atoms with Gasteiger partial charge < -0.3 is 0 Å². The number of carbonyl (C=O) groups excluding carboxylic acids is 1. The number of rotatable bonds is 4. The number of hydrogen-bond acceptors (Lipinski definition) is 2. The lowest BCUT2D eigenvalue weighted by molar-refractivity contribution is -0.116. The fourth-order valence-corrected chi connectivity index (χ4v) is 1.61. The Morgan fingerprint density at radius 3 is 2.67 bits per heavy atom. The first kappa shape index (κ1) is 12.5. The summed E-state index contributed by atoms with van der Waals surface area (Å²) < 4.78 is 24.9. The van der Waals surface area contributed by atoms with E-state index in [0.29, 0.717) is 5.56 Å². The molecule has 0 unspecified atom stereocenters. The zero-order chi connectivity index (χ0) is 11.4. The largest absolute Gasteiger partial charge is 0.298 e. The van der Waals surface area contributed by atoms with Crippen molar-refractivity contribution in [1.29, 1.82) is 0 Å². The minimum absolute atomic E-state index is 0.0445. The monoisotopic (exact) mass is 250 g/mol. The van der Waals surface area contributed by atoms with Gasteiger partial charge in [0.05, 0.1) is 5.88 Å². The maximum atomic E-state index is 12.5. The molecule has 0 aliphatic heterocycles.